The lowest BCUT2D eigenvalue weighted by Gasteiger charge is -2.13. The first-order valence-electron chi connectivity index (χ1n) is 7.91. The first-order valence-corrected chi connectivity index (χ1v) is 8.90. The number of hydrazine groups is 1. The summed E-state index contributed by atoms with van der Waals surface area (Å²) in [5.74, 6) is 0.393. The fourth-order valence-electron chi connectivity index (χ4n) is 2.38. The van der Waals surface area contributed by atoms with E-state index in [9.17, 15) is 9.59 Å². The molecule has 7 heteroatoms. The summed E-state index contributed by atoms with van der Waals surface area (Å²) in [5, 5.41) is 0.556. The van der Waals surface area contributed by atoms with Crippen molar-refractivity contribution in [3.63, 3.8) is 0 Å². The normalized spacial score (nSPS) is 10.6. The van der Waals surface area contributed by atoms with Gasteiger partial charge in [0.05, 0.1) is 16.7 Å². The molecule has 0 aliphatic rings. The Bertz CT molecular complexity index is 941. The molecule has 0 aliphatic carbocycles. The number of amides is 1. The largest absolute Gasteiger partial charge is 0.277 e. The quantitative estimate of drug-likeness (QED) is 0.526. The van der Waals surface area contributed by atoms with Gasteiger partial charge in [0.15, 0.2) is 0 Å². The molecule has 2 aromatic carbocycles. The third-order valence-electron chi connectivity index (χ3n) is 3.60. The molecule has 25 heavy (non-hydrogen) atoms. The maximum atomic E-state index is 12.5. The number of nitrogens with zero attached hydrogens (tertiary/aromatic N) is 2. The van der Waals surface area contributed by atoms with Gasteiger partial charge in [-0.05, 0) is 31.2 Å². The molecule has 0 saturated carbocycles. The van der Waals surface area contributed by atoms with E-state index in [-0.39, 0.29) is 17.2 Å². The molecule has 3 rings (SSSR count). The van der Waals surface area contributed by atoms with Crippen LogP contribution in [0.2, 0.25) is 0 Å². The van der Waals surface area contributed by atoms with E-state index >= 15 is 0 Å². The van der Waals surface area contributed by atoms with Crippen molar-refractivity contribution in [3.8, 4) is 0 Å². The molecule has 6 nitrogen and oxygen atoms in total. The Morgan fingerprint density at radius 3 is 2.60 bits per heavy atom. The summed E-state index contributed by atoms with van der Waals surface area (Å²) in [7, 11) is 0. The predicted molar refractivity (Wildman–Crippen MR) is 101 cm³/mol. The number of carbonyl (C=O) groups excluding carboxylic acids is 1. The van der Waals surface area contributed by atoms with Gasteiger partial charge < -0.3 is 0 Å². The Morgan fingerprint density at radius 2 is 1.84 bits per heavy atom. The molecule has 1 aromatic heterocycles. The minimum Gasteiger partial charge on any atom is -0.277 e. The Kier molecular flexibility index (Phi) is 5.35. The zero-order valence-electron chi connectivity index (χ0n) is 13.7. The van der Waals surface area contributed by atoms with Crippen LogP contribution in [0, 0.1) is 0 Å². The second kappa shape index (κ2) is 7.85. The van der Waals surface area contributed by atoms with Gasteiger partial charge in [0.2, 0.25) is 11.9 Å². The monoisotopic (exact) mass is 354 g/mol. The van der Waals surface area contributed by atoms with E-state index < -0.39 is 0 Å². The van der Waals surface area contributed by atoms with Gasteiger partial charge >= 0.3 is 0 Å². The lowest BCUT2D eigenvalue weighted by molar-refractivity contribution is -0.118. The highest BCUT2D eigenvalue weighted by Gasteiger charge is 2.10. The van der Waals surface area contributed by atoms with Crippen molar-refractivity contribution in [2.75, 3.05) is 11.2 Å². The van der Waals surface area contributed by atoms with Crippen molar-refractivity contribution in [1.29, 1.82) is 0 Å². The molecule has 0 saturated heterocycles. The lowest BCUT2D eigenvalue weighted by Crippen LogP contribution is -2.35. The fourth-order valence-corrected chi connectivity index (χ4v) is 3.10. The van der Waals surface area contributed by atoms with Crippen LogP contribution in [0.25, 0.3) is 10.9 Å². The third kappa shape index (κ3) is 4.00. The van der Waals surface area contributed by atoms with Gasteiger partial charge in [-0.25, -0.2) is 4.98 Å². The van der Waals surface area contributed by atoms with Gasteiger partial charge in [-0.15, -0.1) is 11.8 Å². The van der Waals surface area contributed by atoms with E-state index in [1.807, 2.05) is 43.3 Å². The molecule has 1 heterocycles. The zero-order valence-corrected chi connectivity index (χ0v) is 14.5. The number of nitrogens with one attached hydrogen (secondary N) is 2. The van der Waals surface area contributed by atoms with Crippen LogP contribution in [-0.2, 0) is 11.3 Å². The minimum absolute atomic E-state index is 0.136. The molecule has 0 atom stereocenters. The lowest BCUT2D eigenvalue weighted by atomic mass is 10.2. The van der Waals surface area contributed by atoms with Gasteiger partial charge in [0, 0.05) is 11.4 Å². The molecule has 0 unspecified atom stereocenters. The molecule has 1 amide bonds. The molecular weight excluding hydrogens is 336 g/mol. The zero-order chi connectivity index (χ0) is 17.6. The highest BCUT2D eigenvalue weighted by molar-refractivity contribution is 8.00. The summed E-state index contributed by atoms with van der Waals surface area (Å²) >= 11 is 1.44. The summed E-state index contributed by atoms with van der Waals surface area (Å²) < 4.78 is 1.49. The maximum absolute atomic E-state index is 12.5. The van der Waals surface area contributed by atoms with Crippen molar-refractivity contribution >= 4 is 34.5 Å². The first kappa shape index (κ1) is 17.0. The minimum atomic E-state index is -0.195. The Labute approximate surface area is 149 Å². The number of benzene rings is 2. The Morgan fingerprint density at radius 1 is 1.12 bits per heavy atom. The molecule has 0 radical (unpaired) electrons. The van der Waals surface area contributed by atoms with Gasteiger partial charge in [-0.3, -0.25) is 25.0 Å². The first-order chi connectivity index (χ1) is 12.2. The van der Waals surface area contributed by atoms with Gasteiger partial charge in [-0.2, -0.15) is 0 Å². The molecule has 0 aliphatic heterocycles. The molecule has 3 aromatic rings. The summed E-state index contributed by atoms with van der Waals surface area (Å²) in [6.07, 6.45) is 0. The van der Waals surface area contributed by atoms with Crippen LogP contribution in [0.5, 0.6) is 0 Å². The van der Waals surface area contributed by atoms with Crippen LogP contribution in [0.15, 0.2) is 64.3 Å². The van der Waals surface area contributed by atoms with Crippen LogP contribution in [0.1, 0.15) is 6.92 Å². The van der Waals surface area contributed by atoms with Crippen molar-refractivity contribution in [2.24, 2.45) is 0 Å². The number of para-hydroxylation sites is 1. The van der Waals surface area contributed by atoms with E-state index in [1.54, 1.807) is 18.2 Å². The average Bonchev–Trinajstić information content (AvgIpc) is 2.65. The highest BCUT2D eigenvalue weighted by atomic mass is 32.2. The molecule has 0 fully saturated rings. The van der Waals surface area contributed by atoms with Crippen molar-refractivity contribution in [2.45, 2.75) is 18.4 Å². The van der Waals surface area contributed by atoms with E-state index in [0.29, 0.717) is 23.4 Å². The standard InChI is InChI=1S/C18H18N4O2S/c1-2-22-17(24)14-10-6-7-11-15(14)19-18(22)21-20-16(23)12-25-13-8-4-3-5-9-13/h3-11H,2,12H2,1H3,(H,19,21)(H,20,23). The van der Waals surface area contributed by atoms with E-state index in [2.05, 4.69) is 15.8 Å². The molecule has 0 spiro atoms. The van der Waals surface area contributed by atoms with Crippen molar-refractivity contribution in [1.82, 2.24) is 15.0 Å². The summed E-state index contributed by atoms with van der Waals surface area (Å²) in [6, 6.07) is 16.8. The van der Waals surface area contributed by atoms with Crippen LogP contribution in [0.3, 0.4) is 0 Å². The number of hydrogen-bond acceptors (Lipinski definition) is 5. The van der Waals surface area contributed by atoms with Gasteiger partial charge in [0.25, 0.3) is 5.56 Å². The predicted octanol–water partition coefficient (Wildman–Crippen LogP) is 2.65. The van der Waals surface area contributed by atoms with Crippen LogP contribution in [0.4, 0.5) is 5.95 Å². The van der Waals surface area contributed by atoms with Crippen LogP contribution >= 0.6 is 11.8 Å². The van der Waals surface area contributed by atoms with E-state index in [4.69, 9.17) is 0 Å². The SMILES string of the molecule is CCn1c(NNC(=O)CSc2ccccc2)nc2ccccc2c1=O. The number of thioether (sulfide) groups is 1. The molecule has 128 valence electrons. The smallest absolute Gasteiger partial charge is 0.262 e. The fraction of sp³-hybridized carbons (Fsp3) is 0.167. The third-order valence-corrected chi connectivity index (χ3v) is 4.62. The summed E-state index contributed by atoms with van der Waals surface area (Å²) in [4.78, 5) is 30.0. The molecule has 0 bridgehead atoms. The average molecular weight is 354 g/mol. The number of hydrogen-bond donors (Lipinski definition) is 2. The van der Waals surface area contributed by atoms with Crippen LogP contribution in [-0.4, -0.2) is 21.2 Å². The Balaban J connectivity index is 1.70. The van der Waals surface area contributed by atoms with Crippen LogP contribution < -0.4 is 16.4 Å². The summed E-state index contributed by atoms with van der Waals surface area (Å²) in [6.45, 7) is 2.31. The summed E-state index contributed by atoms with van der Waals surface area (Å²) in [5.41, 5.74) is 5.83. The highest BCUT2D eigenvalue weighted by Crippen LogP contribution is 2.16. The topological polar surface area (TPSA) is 76.0 Å². The number of rotatable bonds is 6. The van der Waals surface area contributed by atoms with E-state index in [1.165, 1.54) is 16.3 Å². The maximum Gasteiger partial charge on any atom is 0.262 e. The van der Waals surface area contributed by atoms with Gasteiger partial charge in [0.1, 0.15) is 0 Å². The van der Waals surface area contributed by atoms with Crippen molar-refractivity contribution in [3.05, 3.63) is 65.0 Å². The molecule has 2 N–H and O–H groups in total. The van der Waals surface area contributed by atoms with Gasteiger partial charge in [-0.1, -0.05) is 30.3 Å². The second-order valence-corrected chi connectivity index (χ2v) is 6.33. The number of anilines is 1. The number of carbonyl (C=O) groups is 1. The Hall–Kier alpha value is -2.80. The van der Waals surface area contributed by atoms with Crippen molar-refractivity contribution < 1.29 is 4.79 Å². The molecular formula is C18H18N4O2S. The van der Waals surface area contributed by atoms with E-state index in [0.717, 1.165) is 4.90 Å². The number of aromatic nitrogens is 2. The second-order valence-electron chi connectivity index (χ2n) is 5.28. The number of fused-ring (bicyclic) bond motifs is 1.